The molecule has 0 aromatic carbocycles. The van der Waals surface area contributed by atoms with Crippen molar-refractivity contribution >= 4 is 23.1 Å². The average Bonchev–Trinajstić information content (AvgIpc) is 2.95. The molecule has 0 radical (unpaired) electrons. The molecule has 0 spiro atoms. The Morgan fingerprint density at radius 2 is 2.41 bits per heavy atom. The van der Waals surface area contributed by atoms with Gasteiger partial charge >= 0.3 is 5.69 Å². The molecule has 2 N–H and O–H groups in total. The van der Waals surface area contributed by atoms with E-state index in [0.29, 0.717) is 22.6 Å². The third kappa shape index (κ3) is 1.73. The topological polar surface area (TPSA) is 99.9 Å². The Morgan fingerprint density at radius 3 is 3.24 bits per heavy atom. The lowest BCUT2D eigenvalue weighted by atomic mass is 10.4. The van der Waals surface area contributed by atoms with Crippen molar-refractivity contribution in [2.45, 2.75) is 0 Å². The monoisotopic (exact) mass is 229 g/mol. The Balaban J connectivity index is 2.11. The number of hydrogen-bond acceptors (Lipinski definition) is 5. The summed E-state index contributed by atoms with van der Waals surface area (Å²) in [6, 6.07) is 3.50. The van der Waals surface area contributed by atoms with E-state index in [-0.39, 0.29) is 0 Å². The number of fused-ring (bicyclic) bond motifs is 1. The van der Waals surface area contributed by atoms with E-state index in [1.165, 1.54) is 6.21 Å². The highest BCUT2D eigenvalue weighted by molar-refractivity contribution is 5.88. The fourth-order valence-electron chi connectivity index (χ4n) is 1.43. The van der Waals surface area contributed by atoms with Crippen molar-refractivity contribution in [1.29, 1.82) is 0 Å². The van der Waals surface area contributed by atoms with Gasteiger partial charge in [0, 0.05) is 0 Å². The van der Waals surface area contributed by atoms with Crippen molar-refractivity contribution in [1.82, 2.24) is 20.2 Å². The van der Waals surface area contributed by atoms with Gasteiger partial charge in [0.05, 0.1) is 24.1 Å². The molecule has 0 saturated carbocycles. The van der Waals surface area contributed by atoms with Crippen LogP contribution in [-0.2, 0) is 0 Å². The van der Waals surface area contributed by atoms with Crippen LogP contribution in [-0.4, -0.2) is 26.4 Å². The van der Waals surface area contributed by atoms with Gasteiger partial charge in [-0.3, -0.25) is 10.1 Å². The van der Waals surface area contributed by atoms with Crippen LogP contribution in [0.15, 0.2) is 38.8 Å². The summed E-state index contributed by atoms with van der Waals surface area (Å²) in [6.45, 7) is 0. The Kier molecular flexibility index (Phi) is 2.08. The molecule has 3 aromatic heterocycles. The molecule has 7 nitrogen and oxygen atoms in total. The number of H-pyrrole nitrogens is 2. The van der Waals surface area contributed by atoms with Gasteiger partial charge < -0.3 is 4.42 Å². The lowest BCUT2D eigenvalue weighted by Crippen LogP contribution is -2.09. The third-order valence-corrected chi connectivity index (χ3v) is 2.18. The molecule has 84 valence electrons. The van der Waals surface area contributed by atoms with Gasteiger partial charge in [-0.1, -0.05) is 0 Å². The number of rotatable bonds is 2. The Bertz CT molecular complexity index is 723. The molecule has 0 saturated heterocycles. The summed E-state index contributed by atoms with van der Waals surface area (Å²) < 4.78 is 5.09. The second kappa shape index (κ2) is 3.71. The van der Waals surface area contributed by atoms with Crippen LogP contribution < -0.4 is 5.69 Å². The van der Waals surface area contributed by atoms with Crippen LogP contribution in [0, 0.1) is 0 Å². The molecular weight excluding hydrogens is 222 g/mol. The van der Waals surface area contributed by atoms with Gasteiger partial charge in [-0.2, -0.15) is 10.1 Å². The maximum atomic E-state index is 11.3. The lowest BCUT2D eigenvalue weighted by Gasteiger charge is -1.92. The van der Waals surface area contributed by atoms with Gasteiger partial charge in [0.15, 0.2) is 5.82 Å². The van der Waals surface area contributed by atoms with Gasteiger partial charge in [0.2, 0.25) is 0 Å². The van der Waals surface area contributed by atoms with E-state index in [2.05, 4.69) is 25.2 Å². The third-order valence-electron chi connectivity index (χ3n) is 2.18. The summed E-state index contributed by atoms with van der Waals surface area (Å²) in [5.74, 6) is 0.887. The predicted octanol–water partition coefficient (Wildman–Crippen LogP) is 0.990. The molecule has 0 aliphatic rings. The molecule has 0 aliphatic carbocycles. The SMILES string of the molecule is O=c1nc(N=Cc2ccco2)c2cn[nH]c2[nH]1. The van der Waals surface area contributed by atoms with Gasteiger partial charge in [0.25, 0.3) is 0 Å². The van der Waals surface area contributed by atoms with Crippen LogP contribution in [0.25, 0.3) is 11.0 Å². The zero-order valence-electron chi connectivity index (χ0n) is 8.54. The van der Waals surface area contributed by atoms with E-state index in [0.717, 1.165) is 0 Å². The smallest absolute Gasteiger partial charge is 0.348 e. The molecule has 0 unspecified atom stereocenters. The molecular formula is C10H7N5O2. The van der Waals surface area contributed by atoms with Crippen LogP contribution in [0.2, 0.25) is 0 Å². The average molecular weight is 229 g/mol. The highest BCUT2D eigenvalue weighted by Crippen LogP contribution is 2.17. The van der Waals surface area contributed by atoms with Gasteiger partial charge in [-0.05, 0) is 12.1 Å². The maximum absolute atomic E-state index is 11.3. The van der Waals surface area contributed by atoms with Crippen molar-refractivity contribution < 1.29 is 4.42 Å². The Labute approximate surface area is 94.2 Å². The Hall–Kier alpha value is -2.70. The number of aliphatic imine (C=N–C) groups is 1. The standard InChI is InChI=1S/C10H7N5O2/c16-10-13-8(7-5-12-15-9(7)14-10)11-4-6-2-1-3-17-6/h1-5H,(H2,12,13,14,15,16). The van der Waals surface area contributed by atoms with Gasteiger partial charge in [-0.15, -0.1) is 0 Å². The zero-order valence-corrected chi connectivity index (χ0v) is 8.54. The van der Waals surface area contributed by atoms with Gasteiger partial charge in [0.1, 0.15) is 11.4 Å². The van der Waals surface area contributed by atoms with Crippen molar-refractivity contribution in [3.05, 3.63) is 40.8 Å². The largest absolute Gasteiger partial charge is 0.463 e. The van der Waals surface area contributed by atoms with Crippen LogP contribution >= 0.6 is 0 Å². The number of furan rings is 1. The van der Waals surface area contributed by atoms with Crippen LogP contribution in [0.5, 0.6) is 0 Å². The molecule has 3 heterocycles. The molecule has 7 heteroatoms. The van der Waals surface area contributed by atoms with Crippen molar-refractivity contribution in [3.8, 4) is 0 Å². The molecule has 0 bridgehead atoms. The van der Waals surface area contributed by atoms with Gasteiger partial charge in [-0.25, -0.2) is 9.79 Å². The first-order valence-corrected chi connectivity index (χ1v) is 4.84. The maximum Gasteiger partial charge on any atom is 0.348 e. The van der Waals surface area contributed by atoms with Crippen molar-refractivity contribution in [3.63, 3.8) is 0 Å². The van der Waals surface area contributed by atoms with Crippen LogP contribution in [0.4, 0.5) is 5.82 Å². The molecule has 0 atom stereocenters. The molecule has 3 rings (SSSR count). The lowest BCUT2D eigenvalue weighted by molar-refractivity contribution is 0.560. The van der Waals surface area contributed by atoms with E-state index >= 15 is 0 Å². The van der Waals surface area contributed by atoms with Crippen molar-refractivity contribution in [2.24, 2.45) is 4.99 Å². The first-order chi connectivity index (χ1) is 8.33. The second-order valence-electron chi connectivity index (χ2n) is 3.30. The zero-order chi connectivity index (χ0) is 11.7. The van der Waals surface area contributed by atoms with Crippen LogP contribution in [0.3, 0.4) is 0 Å². The second-order valence-corrected chi connectivity index (χ2v) is 3.30. The first-order valence-electron chi connectivity index (χ1n) is 4.84. The summed E-state index contributed by atoms with van der Waals surface area (Å²) in [5, 5.41) is 7.11. The summed E-state index contributed by atoms with van der Waals surface area (Å²) >= 11 is 0. The molecule has 0 amide bonds. The fraction of sp³-hybridized carbons (Fsp3) is 0. The fourth-order valence-corrected chi connectivity index (χ4v) is 1.43. The Morgan fingerprint density at radius 1 is 1.47 bits per heavy atom. The molecule has 0 aliphatic heterocycles. The number of aromatic nitrogens is 4. The van der Waals surface area contributed by atoms with E-state index in [1.54, 1.807) is 24.6 Å². The number of nitrogens with zero attached hydrogens (tertiary/aromatic N) is 3. The van der Waals surface area contributed by atoms with Crippen LogP contribution in [0.1, 0.15) is 5.76 Å². The summed E-state index contributed by atoms with van der Waals surface area (Å²) in [4.78, 5) is 21.6. The number of hydrogen-bond donors (Lipinski definition) is 2. The highest BCUT2D eigenvalue weighted by Gasteiger charge is 2.04. The van der Waals surface area contributed by atoms with E-state index in [1.807, 2.05) is 0 Å². The van der Waals surface area contributed by atoms with E-state index in [9.17, 15) is 4.79 Å². The molecule has 3 aromatic rings. The predicted molar refractivity (Wildman–Crippen MR) is 60.5 cm³/mol. The normalized spacial score (nSPS) is 11.5. The summed E-state index contributed by atoms with van der Waals surface area (Å²) in [6.07, 6.45) is 4.58. The molecule has 17 heavy (non-hydrogen) atoms. The number of nitrogens with one attached hydrogen (secondary N) is 2. The summed E-state index contributed by atoms with van der Waals surface area (Å²) in [5.41, 5.74) is 0.0185. The highest BCUT2D eigenvalue weighted by atomic mass is 16.3. The van der Waals surface area contributed by atoms with E-state index < -0.39 is 5.69 Å². The van der Waals surface area contributed by atoms with Crippen molar-refractivity contribution in [2.75, 3.05) is 0 Å². The molecule has 0 fully saturated rings. The quantitative estimate of drug-likeness (QED) is 0.640. The minimum atomic E-state index is -0.478. The number of aromatic amines is 2. The van der Waals surface area contributed by atoms with E-state index in [4.69, 9.17) is 4.42 Å². The minimum Gasteiger partial charge on any atom is -0.463 e. The summed E-state index contributed by atoms with van der Waals surface area (Å²) in [7, 11) is 0. The minimum absolute atomic E-state index is 0.300. The first kappa shape index (κ1) is 9.52.